The molecule has 0 fully saturated rings. The van der Waals surface area contributed by atoms with Gasteiger partial charge in [0.05, 0.1) is 11.8 Å². The highest BCUT2D eigenvalue weighted by atomic mass is 35.5. The molecule has 12 heteroatoms. The van der Waals surface area contributed by atoms with Crippen molar-refractivity contribution in [1.82, 2.24) is 10.2 Å². The number of hydrogen-bond acceptors (Lipinski definition) is 7. The maximum Gasteiger partial charge on any atom is 0.261 e. The number of carbonyl (C=O) groups excluding carboxylic acids is 1. The summed E-state index contributed by atoms with van der Waals surface area (Å²) in [6.45, 7) is 0.140. The lowest BCUT2D eigenvalue weighted by Gasteiger charge is -2.12. The van der Waals surface area contributed by atoms with Crippen LogP contribution in [0, 0.1) is 0 Å². The molecule has 152 valence electrons. The summed E-state index contributed by atoms with van der Waals surface area (Å²) < 4.78 is 30.4. The van der Waals surface area contributed by atoms with E-state index in [0.29, 0.717) is 21.4 Å². The zero-order valence-electron chi connectivity index (χ0n) is 14.8. The fourth-order valence-corrected chi connectivity index (χ4v) is 4.14. The summed E-state index contributed by atoms with van der Waals surface area (Å²) in [5.74, 6) is -0.139. The molecule has 0 saturated heterocycles. The summed E-state index contributed by atoms with van der Waals surface area (Å²) in [6, 6.07) is 11.7. The van der Waals surface area contributed by atoms with Gasteiger partial charge >= 0.3 is 0 Å². The van der Waals surface area contributed by atoms with Crippen molar-refractivity contribution in [3.8, 4) is 5.75 Å². The first-order chi connectivity index (χ1) is 13.7. The fourth-order valence-electron chi connectivity index (χ4n) is 2.21. The third kappa shape index (κ3) is 6.04. The summed E-state index contributed by atoms with van der Waals surface area (Å²) in [5, 5.41) is 11.1. The summed E-state index contributed by atoms with van der Waals surface area (Å²) in [7, 11) is -3.49. The van der Waals surface area contributed by atoms with Crippen molar-refractivity contribution in [1.29, 1.82) is 0 Å². The van der Waals surface area contributed by atoms with Crippen LogP contribution in [-0.2, 0) is 16.6 Å². The number of anilines is 2. The summed E-state index contributed by atoms with van der Waals surface area (Å²) in [4.78, 5) is 12.6. The molecule has 3 rings (SSSR count). The van der Waals surface area contributed by atoms with Gasteiger partial charge in [0.15, 0.2) is 0 Å². The van der Waals surface area contributed by atoms with E-state index in [4.69, 9.17) is 27.9 Å². The number of amides is 1. The first-order valence-electron chi connectivity index (χ1n) is 7.99. The quantitative estimate of drug-likeness (QED) is 0.536. The molecule has 8 nitrogen and oxygen atoms in total. The minimum Gasteiger partial charge on any atom is -0.488 e. The van der Waals surface area contributed by atoms with E-state index < -0.39 is 15.9 Å². The molecule has 29 heavy (non-hydrogen) atoms. The van der Waals surface area contributed by atoms with Gasteiger partial charge in [-0.25, -0.2) is 8.42 Å². The van der Waals surface area contributed by atoms with Crippen molar-refractivity contribution in [2.24, 2.45) is 0 Å². The maximum absolute atomic E-state index is 12.6. The average molecular weight is 473 g/mol. The van der Waals surface area contributed by atoms with Crippen molar-refractivity contribution in [3.05, 3.63) is 63.6 Å². The molecular formula is C17H14Cl2N4O4S2. The number of carbonyl (C=O) groups is 1. The van der Waals surface area contributed by atoms with Crippen LogP contribution >= 0.6 is 34.5 Å². The zero-order valence-corrected chi connectivity index (χ0v) is 18.0. The van der Waals surface area contributed by atoms with Crippen molar-refractivity contribution in [3.63, 3.8) is 0 Å². The largest absolute Gasteiger partial charge is 0.488 e. The second kappa shape index (κ2) is 8.95. The first-order valence-corrected chi connectivity index (χ1v) is 11.5. The van der Waals surface area contributed by atoms with Crippen LogP contribution < -0.4 is 14.8 Å². The molecule has 0 aliphatic rings. The van der Waals surface area contributed by atoms with Crippen molar-refractivity contribution >= 4 is 60.7 Å². The Morgan fingerprint density at radius 3 is 2.59 bits per heavy atom. The number of nitrogens with zero attached hydrogens (tertiary/aromatic N) is 2. The van der Waals surface area contributed by atoms with Crippen LogP contribution in [0.15, 0.2) is 42.5 Å². The molecule has 0 aliphatic heterocycles. The minimum absolute atomic E-state index is 0.0460. The maximum atomic E-state index is 12.6. The van der Waals surface area contributed by atoms with Gasteiger partial charge in [-0.15, -0.1) is 10.2 Å². The number of sulfonamides is 1. The molecule has 1 amide bonds. The highest BCUT2D eigenvalue weighted by Gasteiger charge is 2.16. The Morgan fingerprint density at radius 1 is 1.14 bits per heavy atom. The molecule has 3 aromatic rings. The van der Waals surface area contributed by atoms with E-state index in [2.05, 4.69) is 20.2 Å². The number of aromatic nitrogens is 2. The summed E-state index contributed by atoms with van der Waals surface area (Å²) in [5.41, 5.74) is 0.984. The second-order valence-electron chi connectivity index (χ2n) is 5.76. The molecule has 2 N–H and O–H groups in total. The van der Waals surface area contributed by atoms with E-state index >= 15 is 0 Å². The third-order valence-electron chi connectivity index (χ3n) is 3.45. The molecular weight excluding hydrogens is 459 g/mol. The van der Waals surface area contributed by atoms with Crippen molar-refractivity contribution in [2.75, 3.05) is 16.3 Å². The van der Waals surface area contributed by atoms with Gasteiger partial charge in [-0.05, 0) is 24.3 Å². The lowest BCUT2D eigenvalue weighted by molar-refractivity contribution is 0.102. The molecule has 0 unspecified atom stereocenters. The monoisotopic (exact) mass is 472 g/mol. The normalized spacial score (nSPS) is 11.1. The molecule has 0 saturated carbocycles. The molecule has 0 bridgehead atoms. The Balaban J connectivity index is 1.71. The van der Waals surface area contributed by atoms with Crippen LogP contribution in [0.3, 0.4) is 0 Å². The van der Waals surface area contributed by atoms with Gasteiger partial charge in [0.25, 0.3) is 5.91 Å². The van der Waals surface area contributed by atoms with Crippen molar-refractivity contribution in [2.45, 2.75) is 6.61 Å². The van der Waals surface area contributed by atoms with Crippen LogP contribution in [0.5, 0.6) is 5.75 Å². The number of benzene rings is 2. The zero-order chi connectivity index (χ0) is 21.0. The minimum atomic E-state index is -3.49. The number of halogens is 2. The fraction of sp³-hybridized carbons (Fsp3) is 0.118. The molecule has 1 aromatic heterocycles. The first kappa shape index (κ1) is 21.3. The Hall–Kier alpha value is -2.40. The van der Waals surface area contributed by atoms with Crippen LogP contribution in [0.25, 0.3) is 0 Å². The number of para-hydroxylation sites is 1. The average Bonchev–Trinajstić information content (AvgIpc) is 3.06. The highest BCUT2D eigenvalue weighted by molar-refractivity contribution is 7.92. The van der Waals surface area contributed by atoms with E-state index in [1.807, 2.05) is 0 Å². The van der Waals surface area contributed by atoms with Crippen LogP contribution in [-0.4, -0.2) is 30.8 Å². The predicted molar refractivity (Wildman–Crippen MR) is 114 cm³/mol. The smallest absolute Gasteiger partial charge is 0.261 e. The van der Waals surface area contributed by atoms with Gasteiger partial charge in [-0.1, -0.05) is 52.7 Å². The van der Waals surface area contributed by atoms with Crippen LogP contribution in [0.4, 0.5) is 10.3 Å². The van der Waals surface area contributed by atoms with Crippen LogP contribution in [0.1, 0.15) is 15.9 Å². The van der Waals surface area contributed by atoms with Gasteiger partial charge in [0.1, 0.15) is 12.4 Å². The molecule has 2 aromatic carbocycles. The SMILES string of the molecule is CS(=O)(=O)Nc1nnc(NC(=O)c2ccccc2OCc2ccc(Cl)cc2Cl)s1. The number of hydrogen-bond donors (Lipinski definition) is 2. The molecule has 0 radical (unpaired) electrons. The van der Waals surface area contributed by atoms with Crippen molar-refractivity contribution < 1.29 is 17.9 Å². The molecule has 0 spiro atoms. The predicted octanol–water partition coefficient (Wildman–Crippen LogP) is 4.05. The standard InChI is InChI=1S/C17H14Cl2N4O4S2/c1-29(25,26)23-17-22-21-16(28-17)20-15(24)12-4-2-3-5-14(12)27-9-10-6-7-11(18)8-13(10)19/h2-8H,9H2,1H3,(H,22,23)(H,20,21,24). The highest BCUT2D eigenvalue weighted by Crippen LogP contribution is 2.26. The van der Waals surface area contributed by atoms with Gasteiger partial charge in [-0.3, -0.25) is 14.8 Å². The number of ether oxygens (including phenoxy) is 1. The van der Waals surface area contributed by atoms with E-state index in [9.17, 15) is 13.2 Å². The lowest BCUT2D eigenvalue weighted by atomic mass is 10.2. The third-order valence-corrected chi connectivity index (χ3v) is 5.48. The lowest BCUT2D eigenvalue weighted by Crippen LogP contribution is -2.13. The van der Waals surface area contributed by atoms with E-state index in [-0.39, 0.29) is 22.4 Å². The van der Waals surface area contributed by atoms with E-state index in [1.54, 1.807) is 42.5 Å². The van der Waals surface area contributed by atoms with Gasteiger partial charge < -0.3 is 4.74 Å². The molecule has 1 heterocycles. The Kier molecular flexibility index (Phi) is 6.58. The number of rotatable bonds is 7. The van der Waals surface area contributed by atoms with Crippen LogP contribution in [0.2, 0.25) is 10.0 Å². The molecule has 0 aliphatic carbocycles. The summed E-state index contributed by atoms with van der Waals surface area (Å²) in [6.07, 6.45) is 0.993. The Labute approximate surface area is 180 Å². The van der Waals surface area contributed by atoms with E-state index in [1.165, 1.54) is 0 Å². The molecule has 0 atom stereocenters. The second-order valence-corrected chi connectivity index (χ2v) is 9.33. The van der Waals surface area contributed by atoms with Gasteiger partial charge in [0, 0.05) is 15.6 Å². The topological polar surface area (TPSA) is 110 Å². The van der Waals surface area contributed by atoms with Gasteiger partial charge in [0.2, 0.25) is 20.3 Å². The summed E-state index contributed by atoms with van der Waals surface area (Å²) >= 11 is 12.9. The number of nitrogens with one attached hydrogen (secondary N) is 2. The Morgan fingerprint density at radius 2 is 1.86 bits per heavy atom. The Bertz CT molecular complexity index is 1150. The van der Waals surface area contributed by atoms with Gasteiger partial charge in [-0.2, -0.15) is 0 Å². The van der Waals surface area contributed by atoms with E-state index in [0.717, 1.165) is 17.6 Å².